The number of carbonyl (C=O) groups is 1. The summed E-state index contributed by atoms with van der Waals surface area (Å²) >= 11 is 0. The highest BCUT2D eigenvalue weighted by molar-refractivity contribution is 7.89. The number of methoxy groups -OCH3 is 1. The lowest BCUT2D eigenvalue weighted by atomic mass is 9.95. The zero-order valence-corrected chi connectivity index (χ0v) is 19.9. The van der Waals surface area contributed by atoms with Crippen LogP contribution in [0.25, 0.3) is 0 Å². The molecule has 2 fully saturated rings. The van der Waals surface area contributed by atoms with Gasteiger partial charge >= 0.3 is 0 Å². The van der Waals surface area contributed by atoms with Crippen LogP contribution in [0.2, 0.25) is 0 Å². The molecule has 4 rings (SSSR count). The molecule has 33 heavy (non-hydrogen) atoms. The first kappa shape index (κ1) is 23.6. The molecule has 1 aliphatic carbocycles. The van der Waals surface area contributed by atoms with Crippen molar-refractivity contribution in [2.45, 2.75) is 55.9 Å². The van der Waals surface area contributed by atoms with E-state index in [0.29, 0.717) is 37.7 Å². The molecule has 0 bridgehead atoms. The molecule has 2 aliphatic rings. The number of sulfonamides is 1. The van der Waals surface area contributed by atoms with Crippen molar-refractivity contribution >= 4 is 27.3 Å². The molecule has 0 unspecified atom stereocenters. The van der Waals surface area contributed by atoms with Crippen LogP contribution in [0, 0.1) is 5.92 Å². The molecule has 0 radical (unpaired) electrons. The Morgan fingerprint density at radius 3 is 2.09 bits per heavy atom. The van der Waals surface area contributed by atoms with E-state index in [9.17, 15) is 13.2 Å². The average molecular weight is 472 g/mol. The monoisotopic (exact) mass is 471 g/mol. The molecule has 1 amide bonds. The average Bonchev–Trinajstić information content (AvgIpc) is 2.86. The molecule has 1 aliphatic heterocycles. The van der Waals surface area contributed by atoms with E-state index in [1.807, 2.05) is 24.3 Å². The van der Waals surface area contributed by atoms with Crippen LogP contribution < -0.4 is 15.4 Å². The lowest BCUT2D eigenvalue weighted by Gasteiger charge is -2.30. The SMILES string of the molecule is COc1ccc(S(=O)(=O)N2CCC(C(=O)Nc3ccc(NC4CCCCC4)cc3)CC2)cc1. The van der Waals surface area contributed by atoms with Crippen LogP contribution in [-0.4, -0.2) is 44.9 Å². The number of hydrogen-bond donors (Lipinski definition) is 2. The maximum absolute atomic E-state index is 12.9. The second-order valence-corrected chi connectivity index (χ2v) is 10.8. The quantitative estimate of drug-likeness (QED) is 0.622. The smallest absolute Gasteiger partial charge is 0.243 e. The molecule has 1 heterocycles. The number of hydrogen-bond acceptors (Lipinski definition) is 5. The summed E-state index contributed by atoms with van der Waals surface area (Å²) in [7, 11) is -2.03. The van der Waals surface area contributed by atoms with E-state index >= 15 is 0 Å². The highest BCUT2D eigenvalue weighted by Crippen LogP contribution is 2.27. The summed E-state index contributed by atoms with van der Waals surface area (Å²) in [4.78, 5) is 13.0. The topological polar surface area (TPSA) is 87.7 Å². The first-order chi connectivity index (χ1) is 16.0. The van der Waals surface area contributed by atoms with Gasteiger partial charge in [0.1, 0.15) is 5.75 Å². The first-order valence-corrected chi connectivity index (χ1v) is 13.2. The van der Waals surface area contributed by atoms with Crippen molar-refractivity contribution in [3.05, 3.63) is 48.5 Å². The molecule has 0 spiro atoms. The third-order valence-corrected chi connectivity index (χ3v) is 8.56. The summed E-state index contributed by atoms with van der Waals surface area (Å²) < 4.78 is 32.4. The minimum atomic E-state index is -3.57. The Labute approximate surface area is 196 Å². The van der Waals surface area contributed by atoms with E-state index in [0.717, 1.165) is 11.4 Å². The minimum Gasteiger partial charge on any atom is -0.497 e. The summed E-state index contributed by atoms with van der Waals surface area (Å²) in [5.41, 5.74) is 1.85. The van der Waals surface area contributed by atoms with Gasteiger partial charge in [0.25, 0.3) is 0 Å². The van der Waals surface area contributed by atoms with Gasteiger partial charge < -0.3 is 15.4 Å². The molecular weight excluding hydrogens is 438 g/mol. The summed E-state index contributed by atoms with van der Waals surface area (Å²) in [5.74, 6) is 0.360. The summed E-state index contributed by atoms with van der Waals surface area (Å²) in [6, 6.07) is 14.8. The van der Waals surface area contributed by atoms with Gasteiger partial charge in [0, 0.05) is 36.4 Å². The molecule has 8 heteroatoms. The highest BCUT2D eigenvalue weighted by atomic mass is 32.2. The molecular formula is C25H33N3O4S. The minimum absolute atomic E-state index is 0.0514. The summed E-state index contributed by atoms with van der Waals surface area (Å²) in [6.07, 6.45) is 7.33. The van der Waals surface area contributed by atoms with Gasteiger partial charge in [-0.15, -0.1) is 0 Å². The van der Waals surface area contributed by atoms with E-state index in [4.69, 9.17) is 4.74 Å². The molecule has 0 aromatic heterocycles. The van der Waals surface area contributed by atoms with Crippen LogP contribution in [0.15, 0.2) is 53.4 Å². The van der Waals surface area contributed by atoms with Crippen molar-refractivity contribution in [3.63, 3.8) is 0 Å². The zero-order chi connectivity index (χ0) is 23.3. The van der Waals surface area contributed by atoms with Crippen molar-refractivity contribution < 1.29 is 17.9 Å². The number of benzene rings is 2. The van der Waals surface area contributed by atoms with Crippen molar-refractivity contribution in [2.24, 2.45) is 5.92 Å². The normalized spacial score (nSPS) is 18.6. The van der Waals surface area contributed by atoms with Crippen LogP contribution in [0.5, 0.6) is 5.75 Å². The van der Waals surface area contributed by atoms with Gasteiger partial charge in [-0.05, 0) is 74.2 Å². The Balaban J connectivity index is 1.28. The number of anilines is 2. The van der Waals surface area contributed by atoms with Gasteiger partial charge in [-0.3, -0.25) is 4.79 Å². The Kier molecular flexibility index (Phi) is 7.55. The van der Waals surface area contributed by atoms with Crippen LogP contribution in [0.1, 0.15) is 44.9 Å². The standard InChI is InChI=1S/C25H33N3O4S/c1-32-23-11-13-24(14-12-23)33(30,31)28-17-15-19(16-18-28)25(29)27-22-9-7-21(8-10-22)26-20-5-3-2-4-6-20/h7-14,19-20,26H,2-6,15-18H2,1H3,(H,27,29). The van der Waals surface area contributed by atoms with E-state index in [2.05, 4.69) is 10.6 Å². The highest BCUT2D eigenvalue weighted by Gasteiger charge is 2.32. The predicted molar refractivity (Wildman–Crippen MR) is 130 cm³/mol. The Hall–Kier alpha value is -2.58. The lowest BCUT2D eigenvalue weighted by Crippen LogP contribution is -2.41. The fourth-order valence-corrected chi connectivity index (χ4v) is 6.10. The third kappa shape index (κ3) is 5.86. The fraction of sp³-hybridized carbons (Fsp3) is 0.480. The van der Waals surface area contributed by atoms with Crippen LogP contribution in [0.4, 0.5) is 11.4 Å². The zero-order valence-electron chi connectivity index (χ0n) is 19.1. The fourth-order valence-electron chi connectivity index (χ4n) is 4.63. The molecule has 0 atom stereocenters. The van der Waals surface area contributed by atoms with Gasteiger partial charge in [-0.2, -0.15) is 4.31 Å². The maximum Gasteiger partial charge on any atom is 0.243 e. The molecule has 2 aromatic rings. The largest absolute Gasteiger partial charge is 0.497 e. The number of piperidine rings is 1. The summed E-state index contributed by atoms with van der Waals surface area (Å²) in [6.45, 7) is 0.660. The van der Waals surface area contributed by atoms with Crippen molar-refractivity contribution in [1.29, 1.82) is 0 Å². The lowest BCUT2D eigenvalue weighted by molar-refractivity contribution is -0.120. The number of nitrogens with one attached hydrogen (secondary N) is 2. The molecule has 2 N–H and O–H groups in total. The summed E-state index contributed by atoms with van der Waals surface area (Å²) in [5, 5.41) is 6.57. The Morgan fingerprint density at radius 1 is 0.879 bits per heavy atom. The number of ether oxygens (including phenoxy) is 1. The van der Waals surface area contributed by atoms with Gasteiger partial charge in [0.2, 0.25) is 15.9 Å². The van der Waals surface area contributed by atoms with Crippen LogP contribution in [-0.2, 0) is 14.8 Å². The van der Waals surface area contributed by atoms with E-state index in [-0.39, 0.29) is 16.7 Å². The number of rotatable bonds is 7. The molecule has 1 saturated carbocycles. The van der Waals surface area contributed by atoms with Gasteiger partial charge in [0.05, 0.1) is 12.0 Å². The van der Waals surface area contributed by atoms with Crippen LogP contribution in [0.3, 0.4) is 0 Å². The first-order valence-electron chi connectivity index (χ1n) is 11.8. The number of amides is 1. The molecule has 2 aromatic carbocycles. The molecule has 1 saturated heterocycles. The van der Waals surface area contributed by atoms with Gasteiger partial charge in [-0.1, -0.05) is 19.3 Å². The number of nitrogens with zero attached hydrogens (tertiary/aromatic N) is 1. The van der Waals surface area contributed by atoms with E-state index < -0.39 is 10.0 Å². The Morgan fingerprint density at radius 2 is 1.48 bits per heavy atom. The van der Waals surface area contributed by atoms with Crippen LogP contribution >= 0.6 is 0 Å². The van der Waals surface area contributed by atoms with Crippen molar-refractivity contribution in [2.75, 3.05) is 30.8 Å². The maximum atomic E-state index is 12.9. The van der Waals surface area contributed by atoms with Crippen molar-refractivity contribution in [1.82, 2.24) is 4.31 Å². The molecule has 178 valence electrons. The van der Waals surface area contributed by atoms with E-state index in [1.54, 1.807) is 31.4 Å². The Bertz CT molecular complexity index is 1020. The number of carbonyl (C=O) groups excluding carboxylic acids is 1. The second kappa shape index (κ2) is 10.6. The van der Waals surface area contributed by atoms with Gasteiger partial charge in [0.15, 0.2) is 0 Å². The third-order valence-electron chi connectivity index (χ3n) is 6.65. The predicted octanol–water partition coefficient (Wildman–Crippen LogP) is 4.48. The second-order valence-electron chi connectivity index (χ2n) is 8.90. The molecule has 7 nitrogen and oxygen atoms in total. The van der Waals surface area contributed by atoms with E-state index in [1.165, 1.54) is 36.4 Å². The van der Waals surface area contributed by atoms with Gasteiger partial charge in [-0.25, -0.2) is 8.42 Å². The van der Waals surface area contributed by atoms with Crippen molar-refractivity contribution in [3.8, 4) is 5.75 Å².